The number of aliphatic hydroxyl groups is 9. The highest BCUT2D eigenvalue weighted by Gasteiger charge is 2.45. The smallest absolute Gasteiger partial charge is 0.223 e. The van der Waals surface area contributed by atoms with E-state index < -0.39 is 129 Å². The van der Waals surface area contributed by atoms with E-state index in [1.807, 2.05) is 0 Å². The summed E-state index contributed by atoms with van der Waals surface area (Å²) in [6.45, 7) is 12.6. The molecule has 8 unspecified atom stereocenters. The first kappa shape index (κ1) is 82.5. The van der Waals surface area contributed by atoms with Crippen LogP contribution in [0.15, 0.2) is 0 Å². The summed E-state index contributed by atoms with van der Waals surface area (Å²) in [5, 5.41) is 104. The number of rotatable bonds is 46. The molecule has 3 aliphatic heterocycles. The number of hydrogen-bond acceptors (Lipinski definition) is 22. The average Bonchev–Trinajstić information content (AvgIpc) is 1.75. The molecule has 0 aromatic rings. The molecule has 90 heavy (non-hydrogen) atoms. The molecular formula is C63H117N5O22. The summed E-state index contributed by atoms with van der Waals surface area (Å²) in [6.07, 6.45) is -4.24. The van der Waals surface area contributed by atoms with Crippen LogP contribution in [0.2, 0.25) is 0 Å². The van der Waals surface area contributed by atoms with Crippen LogP contribution in [0.4, 0.5) is 0 Å². The van der Waals surface area contributed by atoms with E-state index >= 15 is 0 Å². The molecule has 0 bridgehead atoms. The lowest BCUT2D eigenvalue weighted by Gasteiger charge is -2.40. The van der Waals surface area contributed by atoms with Gasteiger partial charge < -0.3 is 106 Å². The van der Waals surface area contributed by atoms with Gasteiger partial charge in [0.25, 0.3) is 0 Å². The molecule has 14 N–H and O–H groups in total. The quantitative estimate of drug-likeness (QED) is 0.0376. The van der Waals surface area contributed by atoms with Gasteiger partial charge in [-0.1, -0.05) is 54.4 Å². The second-order valence-corrected chi connectivity index (χ2v) is 24.9. The minimum atomic E-state index is -1.27. The molecule has 3 aliphatic rings. The fourth-order valence-electron chi connectivity index (χ4n) is 10.4. The zero-order valence-corrected chi connectivity index (χ0v) is 54.9. The van der Waals surface area contributed by atoms with Crippen LogP contribution in [-0.4, -0.2) is 241 Å². The molecule has 0 aliphatic carbocycles. The van der Waals surface area contributed by atoms with E-state index in [4.69, 9.17) is 33.2 Å². The molecule has 3 fully saturated rings. The number of nitrogens with one attached hydrogen (secondary N) is 5. The van der Waals surface area contributed by atoms with Crippen molar-refractivity contribution in [3.05, 3.63) is 0 Å². The van der Waals surface area contributed by atoms with Crippen molar-refractivity contribution in [3.8, 4) is 0 Å². The predicted molar refractivity (Wildman–Crippen MR) is 330 cm³/mol. The summed E-state index contributed by atoms with van der Waals surface area (Å²) in [4.78, 5) is 79.5. The fourth-order valence-corrected chi connectivity index (χ4v) is 10.4. The summed E-state index contributed by atoms with van der Waals surface area (Å²) in [6, 6.07) is -0.960. The van der Waals surface area contributed by atoms with Gasteiger partial charge in [0, 0.05) is 115 Å². The summed E-state index contributed by atoms with van der Waals surface area (Å²) < 4.78 is 39.2. The van der Waals surface area contributed by atoms with Gasteiger partial charge in [-0.2, -0.15) is 0 Å². The predicted octanol–water partition coefficient (Wildman–Crippen LogP) is 0.897. The van der Waals surface area contributed by atoms with Gasteiger partial charge in [-0.25, -0.2) is 0 Å². The van der Waals surface area contributed by atoms with E-state index in [1.165, 1.54) is 0 Å². The van der Waals surface area contributed by atoms with Crippen LogP contribution < -0.4 is 26.6 Å². The number of Topliss-reactive ketones (excluding diaryl/α,β-unsaturated/α-hetero) is 1. The Kier molecular flexibility index (Phi) is 44.1. The summed E-state index contributed by atoms with van der Waals surface area (Å²) in [5.74, 6) is -3.10. The van der Waals surface area contributed by atoms with E-state index in [2.05, 4.69) is 47.4 Å². The van der Waals surface area contributed by atoms with Crippen molar-refractivity contribution in [3.63, 3.8) is 0 Å². The Labute approximate surface area is 533 Å². The number of methoxy groups -OCH3 is 1. The highest BCUT2D eigenvalue weighted by Crippen LogP contribution is 2.30. The Bertz CT molecular complexity index is 1960. The molecule has 17 atom stereocenters. The first-order valence-electron chi connectivity index (χ1n) is 33.1. The number of hydrogen-bond donors (Lipinski definition) is 14. The highest BCUT2D eigenvalue weighted by molar-refractivity contribution is 5.92. The van der Waals surface area contributed by atoms with E-state index in [0.29, 0.717) is 136 Å². The van der Waals surface area contributed by atoms with Gasteiger partial charge in [-0.3, -0.25) is 28.8 Å². The fraction of sp³-hybridized carbons (Fsp3) is 0.905. The standard InChI is InChI=1S/C59H107N5O22.C4H10/c1-37-50(73)53(76)43(34-65)84-57(37)81-30-15-9-22-47(70)60-25-13-7-19-40(56(79)63-27-12-5-6-21-46(69)62-28-18-29-80-4)33-42(68)41(64-49(72)24-11-17-32-83-59-39(3)52(75)55(78)45(36-67)86-59)20-8-14-26-61-48(71)23-10-16-31-82-58-38(2)51(74)54(77)44(35-66)85-58;1-4(2)3/h37-41,43-45,50-55,57-59,65-67,73-78H,5-36H2,1-4H3,(H,60,70)(H,61,71)(H,62,69)(H,63,79)(H,64,72);4H,1-3H3/t37-,38-,39-,40?,41?,43?,44?,45?,50?,51?,52?,53-,54-,55-,57+,58+,59+;/m0./s1. The third-order valence-electron chi connectivity index (χ3n) is 16.1. The lowest BCUT2D eigenvalue weighted by molar-refractivity contribution is -0.282. The topological polar surface area (TPSA) is 409 Å². The highest BCUT2D eigenvalue weighted by atomic mass is 16.7. The molecule has 3 rings (SSSR count). The largest absolute Gasteiger partial charge is 0.394 e. The number of ether oxygens (including phenoxy) is 7. The Morgan fingerprint density at radius 3 is 1.16 bits per heavy atom. The number of ketones is 1. The Hall–Kier alpha value is -3.62. The number of aliphatic hydroxyl groups excluding tert-OH is 9. The summed E-state index contributed by atoms with van der Waals surface area (Å²) in [5.41, 5.74) is 0. The SMILES string of the molecule is CC(C)C.COCCCNC(=O)CCCCCNC(=O)C(CCCCNC(=O)CCCCO[C@@H]1OC(CO)[C@H](O)C(O)[C@@H]1C)CC(=O)C(CCCCNC(=O)CCCCO[C@@H]1OC(CO)[C@H](O)C(O)[C@@H]1C)NC(=O)CCCCO[C@@H]1OC(CO)[C@H](O)C(O)[C@@H]1C. The average molecular weight is 1300 g/mol. The molecule has 27 heteroatoms. The van der Waals surface area contributed by atoms with Crippen LogP contribution in [0.1, 0.15) is 176 Å². The summed E-state index contributed by atoms with van der Waals surface area (Å²) >= 11 is 0. The monoisotopic (exact) mass is 1300 g/mol. The van der Waals surface area contributed by atoms with E-state index in [1.54, 1.807) is 27.9 Å². The van der Waals surface area contributed by atoms with Gasteiger partial charge in [0.2, 0.25) is 29.5 Å². The number of carbonyl (C=O) groups is 6. The van der Waals surface area contributed by atoms with Crippen molar-refractivity contribution in [2.75, 3.05) is 79.5 Å². The van der Waals surface area contributed by atoms with E-state index in [0.717, 1.165) is 5.92 Å². The third kappa shape index (κ3) is 33.0. The minimum Gasteiger partial charge on any atom is -0.394 e. The first-order chi connectivity index (χ1) is 43.0. The zero-order valence-electron chi connectivity index (χ0n) is 54.9. The molecule has 3 heterocycles. The lowest BCUT2D eigenvalue weighted by atomic mass is 9.91. The van der Waals surface area contributed by atoms with Crippen LogP contribution >= 0.6 is 0 Å². The van der Waals surface area contributed by atoms with Gasteiger partial charge in [-0.15, -0.1) is 0 Å². The maximum atomic E-state index is 14.3. The normalized spacial score (nSPS) is 27.4. The number of carbonyl (C=O) groups excluding carboxylic acids is 6. The van der Waals surface area contributed by atoms with Crippen molar-refractivity contribution < 1.29 is 108 Å². The van der Waals surface area contributed by atoms with Gasteiger partial charge in [-0.05, 0) is 95.8 Å². The molecule has 526 valence electrons. The molecule has 0 aromatic carbocycles. The molecule has 27 nitrogen and oxygen atoms in total. The molecule has 0 radical (unpaired) electrons. The van der Waals surface area contributed by atoms with Crippen molar-refractivity contribution in [1.29, 1.82) is 0 Å². The zero-order chi connectivity index (χ0) is 67.0. The molecule has 0 spiro atoms. The van der Waals surface area contributed by atoms with Crippen LogP contribution in [-0.2, 0) is 61.9 Å². The second-order valence-electron chi connectivity index (χ2n) is 24.9. The van der Waals surface area contributed by atoms with Crippen molar-refractivity contribution in [2.24, 2.45) is 29.6 Å². The Balaban J connectivity index is 0.00000668. The van der Waals surface area contributed by atoms with E-state index in [-0.39, 0.29) is 81.3 Å². The van der Waals surface area contributed by atoms with Crippen molar-refractivity contribution >= 4 is 35.3 Å². The minimum absolute atomic E-state index is 0.0348. The molecule has 0 saturated carbocycles. The molecule has 0 aromatic heterocycles. The van der Waals surface area contributed by atoms with Crippen molar-refractivity contribution in [1.82, 2.24) is 26.6 Å². The summed E-state index contributed by atoms with van der Waals surface area (Å²) in [7, 11) is 1.60. The van der Waals surface area contributed by atoms with Crippen LogP contribution in [0, 0.1) is 29.6 Å². The van der Waals surface area contributed by atoms with Crippen LogP contribution in [0.3, 0.4) is 0 Å². The maximum Gasteiger partial charge on any atom is 0.223 e. The van der Waals surface area contributed by atoms with Gasteiger partial charge >= 0.3 is 0 Å². The van der Waals surface area contributed by atoms with Crippen LogP contribution in [0.25, 0.3) is 0 Å². The maximum absolute atomic E-state index is 14.3. The van der Waals surface area contributed by atoms with Gasteiger partial charge in [0.05, 0.1) is 44.2 Å². The third-order valence-corrected chi connectivity index (χ3v) is 16.1. The molecular weight excluding hydrogens is 1180 g/mol. The Morgan fingerprint density at radius 1 is 0.422 bits per heavy atom. The Morgan fingerprint density at radius 2 is 0.767 bits per heavy atom. The molecule has 3 saturated heterocycles. The lowest BCUT2D eigenvalue weighted by Crippen LogP contribution is -2.55. The second kappa shape index (κ2) is 48.1. The first-order valence-corrected chi connectivity index (χ1v) is 33.1. The van der Waals surface area contributed by atoms with Gasteiger partial charge in [0.1, 0.15) is 36.6 Å². The van der Waals surface area contributed by atoms with Crippen molar-refractivity contribution in [2.45, 2.75) is 256 Å². The number of amides is 5. The molecule has 5 amide bonds. The van der Waals surface area contributed by atoms with Crippen LogP contribution in [0.5, 0.6) is 0 Å². The number of unbranched alkanes of at least 4 members (excludes halogenated alkanes) is 7. The van der Waals surface area contributed by atoms with E-state index in [9.17, 15) is 74.7 Å². The van der Waals surface area contributed by atoms with Gasteiger partial charge in [0.15, 0.2) is 24.7 Å².